The second kappa shape index (κ2) is 7.99. The van der Waals surface area contributed by atoms with Crippen molar-refractivity contribution in [3.8, 4) is 0 Å². The fourth-order valence-electron chi connectivity index (χ4n) is 5.36. The molecule has 0 radical (unpaired) electrons. The summed E-state index contributed by atoms with van der Waals surface area (Å²) in [5, 5.41) is 0. The Hall–Kier alpha value is -1.66. The molecule has 1 amide bonds. The molecule has 0 aliphatic carbocycles. The minimum absolute atomic E-state index is 0.0139. The summed E-state index contributed by atoms with van der Waals surface area (Å²) in [7, 11) is 0. The first-order valence-electron chi connectivity index (χ1n) is 10.6. The summed E-state index contributed by atoms with van der Waals surface area (Å²) in [5.74, 6) is 0.558. The number of hydrogen-bond donors (Lipinski definition) is 0. The van der Waals surface area contributed by atoms with Gasteiger partial charge in [0.25, 0.3) is 0 Å². The molecule has 3 saturated heterocycles. The van der Waals surface area contributed by atoms with Crippen LogP contribution >= 0.6 is 0 Å². The Kier molecular flexibility index (Phi) is 5.61. The molecule has 6 heteroatoms. The molecular formula is C22H32FN3O2. The molecule has 4 rings (SSSR count). The van der Waals surface area contributed by atoms with Crippen LogP contribution in [0.25, 0.3) is 0 Å². The molecular weight excluding hydrogens is 357 g/mol. The number of amides is 1. The van der Waals surface area contributed by atoms with Gasteiger partial charge in [0.05, 0.1) is 13.2 Å². The molecule has 1 aromatic rings. The third kappa shape index (κ3) is 4.03. The first kappa shape index (κ1) is 19.6. The summed E-state index contributed by atoms with van der Waals surface area (Å²) in [5.41, 5.74) is 1.10. The number of rotatable bonds is 4. The quantitative estimate of drug-likeness (QED) is 0.793. The van der Waals surface area contributed by atoms with E-state index in [4.69, 9.17) is 4.74 Å². The molecule has 0 spiro atoms. The number of carbonyl (C=O) groups excluding carboxylic acids is 1. The van der Waals surface area contributed by atoms with Gasteiger partial charge in [-0.15, -0.1) is 0 Å². The second-order valence-electron chi connectivity index (χ2n) is 9.02. The van der Waals surface area contributed by atoms with Crippen molar-refractivity contribution in [1.82, 2.24) is 9.80 Å². The Bertz CT molecular complexity index is 688. The molecule has 28 heavy (non-hydrogen) atoms. The van der Waals surface area contributed by atoms with E-state index in [-0.39, 0.29) is 17.3 Å². The zero-order valence-corrected chi connectivity index (χ0v) is 17.1. The molecule has 3 aliphatic heterocycles. The normalized spacial score (nSPS) is 27.7. The van der Waals surface area contributed by atoms with E-state index in [1.54, 1.807) is 12.1 Å². The molecule has 1 aromatic carbocycles. The van der Waals surface area contributed by atoms with Crippen molar-refractivity contribution in [2.45, 2.75) is 44.7 Å². The minimum atomic E-state index is -0.196. The average molecular weight is 390 g/mol. The van der Waals surface area contributed by atoms with Crippen LogP contribution < -0.4 is 4.90 Å². The van der Waals surface area contributed by atoms with Gasteiger partial charge < -0.3 is 14.5 Å². The predicted molar refractivity (Wildman–Crippen MR) is 108 cm³/mol. The molecule has 2 atom stereocenters. The van der Waals surface area contributed by atoms with Gasteiger partial charge in [-0.3, -0.25) is 9.69 Å². The van der Waals surface area contributed by atoms with E-state index in [1.807, 2.05) is 12.1 Å². The second-order valence-corrected chi connectivity index (χ2v) is 9.02. The lowest BCUT2D eigenvalue weighted by Gasteiger charge is -2.42. The van der Waals surface area contributed by atoms with Gasteiger partial charge >= 0.3 is 0 Å². The Morgan fingerprint density at radius 3 is 2.61 bits per heavy atom. The minimum Gasteiger partial charge on any atom is -0.379 e. The topological polar surface area (TPSA) is 36.0 Å². The number of halogens is 1. The highest BCUT2D eigenvalue weighted by molar-refractivity contribution is 5.76. The Morgan fingerprint density at radius 1 is 1.18 bits per heavy atom. The van der Waals surface area contributed by atoms with Crippen molar-refractivity contribution in [2.24, 2.45) is 5.92 Å². The number of ether oxygens (including phenoxy) is 1. The van der Waals surface area contributed by atoms with Gasteiger partial charge in [0.1, 0.15) is 5.82 Å². The lowest BCUT2D eigenvalue weighted by atomic mass is 9.89. The van der Waals surface area contributed by atoms with Crippen LogP contribution in [0.5, 0.6) is 0 Å². The van der Waals surface area contributed by atoms with Crippen LogP contribution in [0.1, 0.15) is 33.1 Å². The highest BCUT2D eigenvalue weighted by atomic mass is 19.1. The highest BCUT2D eigenvalue weighted by Crippen LogP contribution is 2.44. The van der Waals surface area contributed by atoms with Gasteiger partial charge in [-0.25, -0.2) is 4.39 Å². The van der Waals surface area contributed by atoms with E-state index < -0.39 is 0 Å². The maximum Gasteiger partial charge on any atom is 0.223 e. The molecule has 3 fully saturated rings. The van der Waals surface area contributed by atoms with Crippen LogP contribution in [0.3, 0.4) is 0 Å². The van der Waals surface area contributed by atoms with Crippen LogP contribution in [-0.2, 0) is 9.53 Å². The number of hydrogen-bond acceptors (Lipinski definition) is 4. The van der Waals surface area contributed by atoms with Crippen molar-refractivity contribution in [1.29, 1.82) is 0 Å². The molecule has 0 aromatic heterocycles. The van der Waals surface area contributed by atoms with Gasteiger partial charge in [-0.2, -0.15) is 0 Å². The first-order valence-corrected chi connectivity index (χ1v) is 10.6. The Morgan fingerprint density at radius 2 is 1.89 bits per heavy atom. The van der Waals surface area contributed by atoms with Gasteiger partial charge in [0.15, 0.2) is 0 Å². The van der Waals surface area contributed by atoms with Crippen molar-refractivity contribution >= 4 is 11.6 Å². The summed E-state index contributed by atoms with van der Waals surface area (Å²) in [6.45, 7) is 10.4. The number of anilines is 1. The largest absolute Gasteiger partial charge is 0.379 e. The van der Waals surface area contributed by atoms with E-state index in [0.29, 0.717) is 18.4 Å². The van der Waals surface area contributed by atoms with Crippen molar-refractivity contribution in [3.05, 3.63) is 30.1 Å². The number of nitrogens with zero attached hydrogens (tertiary/aromatic N) is 3. The fourth-order valence-corrected chi connectivity index (χ4v) is 5.36. The smallest absolute Gasteiger partial charge is 0.223 e. The maximum atomic E-state index is 13.4. The summed E-state index contributed by atoms with van der Waals surface area (Å²) in [6.07, 6.45) is 2.64. The molecule has 0 saturated carbocycles. The predicted octanol–water partition coefficient (Wildman–Crippen LogP) is 2.75. The average Bonchev–Trinajstić information content (AvgIpc) is 2.96. The van der Waals surface area contributed by atoms with Crippen molar-refractivity contribution in [3.63, 3.8) is 0 Å². The molecule has 0 bridgehead atoms. The number of carbonyl (C=O) groups is 1. The molecule has 5 nitrogen and oxygen atoms in total. The Labute approximate surface area is 167 Å². The molecule has 0 unspecified atom stereocenters. The summed E-state index contributed by atoms with van der Waals surface area (Å²) >= 11 is 0. The lowest BCUT2D eigenvalue weighted by Crippen LogP contribution is -2.50. The standard InChI is InChI=1S/C22H32FN3O2/c1-22(2)15-17-16-25(21(27)8-9-24-11-13-28-14-12-24)10-7-20(17)26(22)19-5-3-18(23)4-6-19/h3-6,17,20H,7-16H2,1-2H3/t17-,20+/m1/s1. The molecule has 0 N–H and O–H groups in total. The van der Waals surface area contributed by atoms with Crippen LogP contribution in [0.2, 0.25) is 0 Å². The van der Waals surface area contributed by atoms with E-state index >= 15 is 0 Å². The Balaban J connectivity index is 1.37. The fraction of sp³-hybridized carbons (Fsp3) is 0.682. The van der Waals surface area contributed by atoms with E-state index in [0.717, 1.165) is 64.5 Å². The number of benzene rings is 1. The number of morpholine rings is 1. The zero-order chi connectivity index (χ0) is 19.7. The molecule has 154 valence electrons. The maximum absolute atomic E-state index is 13.4. The SMILES string of the molecule is CC1(C)C[C@@H]2CN(C(=O)CCN3CCOCC3)CC[C@@H]2N1c1ccc(F)cc1. The highest BCUT2D eigenvalue weighted by Gasteiger charge is 2.48. The lowest BCUT2D eigenvalue weighted by molar-refractivity contribution is -0.133. The summed E-state index contributed by atoms with van der Waals surface area (Å²) < 4.78 is 18.8. The van der Waals surface area contributed by atoms with E-state index in [9.17, 15) is 9.18 Å². The number of likely N-dealkylation sites (tertiary alicyclic amines) is 1. The van der Waals surface area contributed by atoms with Crippen LogP contribution in [-0.4, -0.2) is 73.2 Å². The van der Waals surface area contributed by atoms with Crippen molar-refractivity contribution < 1.29 is 13.9 Å². The van der Waals surface area contributed by atoms with Gasteiger partial charge in [0.2, 0.25) is 5.91 Å². The monoisotopic (exact) mass is 389 g/mol. The van der Waals surface area contributed by atoms with Crippen LogP contribution in [0.15, 0.2) is 24.3 Å². The van der Waals surface area contributed by atoms with Crippen LogP contribution in [0.4, 0.5) is 10.1 Å². The summed E-state index contributed by atoms with van der Waals surface area (Å²) in [4.78, 5) is 19.7. The van der Waals surface area contributed by atoms with E-state index in [1.165, 1.54) is 0 Å². The van der Waals surface area contributed by atoms with Crippen molar-refractivity contribution in [2.75, 3.05) is 50.8 Å². The van der Waals surface area contributed by atoms with Crippen LogP contribution in [0, 0.1) is 11.7 Å². The number of piperidine rings is 1. The molecule has 3 heterocycles. The third-order valence-corrected chi connectivity index (χ3v) is 6.64. The zero-order valence-electron chi connectivity index (χ0n) is 17.1. The summed E-state index contributed by atoms with van der Waals surface area (Å²) in [6, 6.07) is 7.29. The third-order valence-electron chi connectivity index (χ3n) is 6.64. The number of fused-ring (bicyclic) bond motifs is 1. The molecule has 3 aliphatic rings. The first-order chi connectivity index (χ1) is 13.4. The van der Waals surface area contributed by atoms with E-state index in [2.05, 4.69) is 28.5 Å². The van der Waals surface area contributed by atoms with Gasteiger partial charge in [-0.05, 0) is 56.9 Å². The van der Waals surface area contributed by atoms with Gasteiger partial charge in [0, 0.05) is 56.4 Å². The van der Waals surface area contributed by atoms with Gasteiger partial charge in [-0.1, -0.05) is 0 Å².